The van der Waals surface area contributed by atoms with Crippen LogP contribution >= 0.6 is 15.9 Å². The number of benzene rings is 2. The van der Waals surface area contributed by atoms with Crippen LogP contribution in [0.3, 0.4) is 0 Å². The molecule has 1 aliphatic rings. The number of ether oxygens (including phenoxy) is 1. The van der Waals surface area contributed by atoms with E-state index in [2.05, 4.69) is 66.2 Å². The smallest absolute Gasteiger partial charge is 0.122 e. The van der Waals surface area contributed by atoms with Gasteiger partial charge in [-0.15, -0.1) is 0 Å². The molecule has 2 heteroatoms. The first kappa shape index (κ1) is 13.7. The number of fused-ring (bicyclic) bond motifs is 1. The van der Waals surface area contributed by atoms with Crippen LogP contribution in [0.5, 0.6) is 5.75 Å². The third-order valence-corrected chi connectivity index (χ3v) is 5.17. The Morgan fingerprint density at radius 2 is 2.00 bits per heavy atom. The molecular weight excluding hydrogens is 312 g/mol. The lowest BCUT2D eigenvalue weighted by molar-refractivity contribution is 0.288. The molecule has 1 aliphatic heterocycles. The lowest BCUT2D eigenvalue weighted by Crippen LogP contribution is -2.09. The molecule has 20 heavy (non-hydrogen) atoms. The molecule has 2 aromatic carbocycles. The Hall–Kier alpha value is -1.28. The minimum Gasteiger partial charge on any atom is -0.493 e. The van der Waals surface area contributed by atoms with Crippen molar-refractivity contribution in [1.82, 2.24) is 0 Å². The van der Waals surface area contributed by atoms with Gasteiger partial charge < -0.3 is 4.74 Å². The lowest BCUT2D eigenvalue weighted by Gasteiger charge is -2.20. The van der Waals surface area contributed by atoms with Gasteiger partial charge in [0.25, 0.3) is 0 Å². The van der Waals surface area contributed by atoms with Gasteiger partial charge in [-0.3, -0.25) is 0 Å². The SMILES string of the molecule is Cc1cccc(C(Br)c2ccc3c(c2)CCCO3)c1C. The predicted molar refractivity (Wildman–Crippen MR) is 86.9 cm³/mol. The van der Waals surface area contributed by atoms with Crippen LogP contribution in [0.2, 0.25) is 0 Å². The Balaban J connectivity index is 1.98. The fraction of sp³-hybridized carbons (Fsp3) is 0.333. The summed E-state index contributed by atoms with van der Waals surface area (Å²) in [6, 6.07) is 13.1. The molecule has 1 nitrogen and oxygen atoms in total. The minimum absolute atomic E-state index is 0.245. The van der Waals surface area contributed by atoms with E-state index in [-0.39, 0.29) is 4.83 Å². The van der Waals surface area contributed by atoms with Crippen molar-refractivity contribution >= 4 is 15.9 Å². The largest absolute Gasteiger partial charge is 0.493 e. The van der Waals surface area contributed by atoms with Crippen LogP contribution in [0.1, 0.15) is 39.1 Å². The fourth-order valence-corrected chi connectivity index (χ4v) is 3.55. The molecule has 0 saturated carbocycles. The predicted octanol–water partition coefficient (Wildman–Crippen LogP) is 5.11. The topological polar surface area (TPSA) is 9.23 Å². The second-order valence-electron chi connectivity index (χ2n) is 5.47. The van der Waals surface area contributed by atoms with Gasteiger partial charge >= 0.3 is 0 Å². The maximum atomic E-state index is 5.69. The zero-order valence-corrected chi connectivity index (χ0v) is 13.5. The lowest BCUT2D eigenvalue weighted by atomic mass is 9.95. The van der Waals surface area contributed by atoms with Crippen molar-refractivity contribution in [2.24, 2.45) is 0 Å². The third-order valence-electron chi connectivity index (χ3n) is 4.14. The molecular formula is C18H19BrO. The number of hydrogen-bond acceptors (Lipinski definition) is 1. The first-order chi connectivity index (χ1) is 9.66. The summed E-state index contributed by atoms with van der Waals surface area (Å²) < 4.78 is 5.69. The highest BCUT2D eigenvalue weighted by Crippen LogP contribution is 2.36. The molecule has 104 valence electrons. The van der Waals surface area contributed by atoms with Crippen LogP contribution < -0.4 is 4.74 Å². The van der Waals surface area contributed by atoms with Crippen molar-refractivity contribution in [2.75, 3.05) is 6.61 Å². The minimum atomic E-state index is 0.245. The van der Waals surface area contributed by atoms with E-state index >= 15 is 0 Å². The molecule has 1 atom stereocenters. The van der Waals surface area contributed by atoms with Crippen molar-refractivity contribution in [3.05, 3.63) is 64.2 Å². The molecule has 1 heterocycles. The van der Waals surface area contributed by atoms with E-state index < -0.39 is 0 Å². The average Bonchev–Trinajstić information content (AvgIpc) is 2.49. The summed E-state index contributed by atoms with van der Waals surface area (Å²) in [5.41, 5.74) is 6.70. The molecule has 0 saturated heterocycles. The van der Waals surface area contributed by atoms with Crippen LogP contribution in [0.4, 0.5) is 0 Å². The number of aryl methyl sites for hydroxylation is 2. The van der Waals surface area contributed by atoms with E-state index in [0.29, 0.717) is 0 Å². The summed E-state index contributed by atoms with van der Waals surface area (Å²) in [6.07, 6.45) is 2.24. The monoisotopic (exact) mass is 330 g/mol. The zero-order valence-electron chi connectivity index (χ0n) is 11.9. The Bertz CT molecular complexity index is 633. The summed E-state index contributed by atoms with van der Waals surface area (Å²) in [5.74, 6) is 1.06. The molecule has 0 N–H and O–H groups in total. The van der Waals surface area contributed by atoms with E-state index in [9.17, 15) is 0 Å². The van der Waals surface area contributed by atoms with Crippen LogP contribution in [-0.2, 0) is 6.42 Å². The van der Waals surface area contributed by atoms with Gasteiger partial charge in [-0.05, 0) is 60.6 Å². The van der Waals surface area contributed by atoms with Crippen LogP contribution in [0.15, 0.2) is 36.4 Å². The van der Waals surface area contributed by atoms with Gasteiger partial charge in [0.1, 0.15) is 5.75 Å². The van der Waals surface area contributed by atoms with E-state index in [1.54, 1.807) is 0 Å². The maximum absolute atomic E-state index is 5.69. The molecule has 0 amide bonds. The van der Waals surface area contributed by atoms with Gasteiger partial charge in [-0.25, -0.2) is 0 Å². The van der Waals surface area contributed by atoms with Gasteiger partial charge in [0.15, 0.2) is 0 Å². The van der Waals surface area contributed by atoms with Crippen molar-refractivity contribution in [3.8, 4) is 5.75 Å². The van der Waals surface area contributed by atoms with Gasteiger partial charge in [-0.1, -0.05) is 46.3 Å². The van der Waals surface area contributed by atoms with E-state index in [1.807, 2.05) is 0 Å². The van der Waals surface area contributed by atoms with Crippen molar-refractivity contribution in [3.63, 3.8) is 0 Å². The van der Waals surface area contributed by atoms with Crippen LogP contribution in [-0.4, -0.2) is 6.61 Å². The Morgan fingerprint density at radius 3 is 2.85 bits per heavy atom. The molecule has 1 unspecified atom stereocenters. The number of hydrogen-bond donors (Lipinski definition) is 0. The standard InChI is InChI=1S/C18H19BrO/c1-12-5-3-7-16(13(12)2)18(19)15-8-9-17-14(11-15)6-4-10-20-17/h3,5,7-9,11,18H,4,6,10H2,1-2H3. The molecule has 0 aromatic heterocycles. The third kappa shape index (κ3) is 2.49. The molecule has 0 radical (unpaired) electrons. The van der Waals surface area contributed by atoms with E-state index in [4.69, 9.17) is 4.74 Å². The molecule has 0 fully saturated rings. The highest BCUT2D eigenvalue weighted by molar-refractivity contribution is 9.09. The molecule has 3 rings (SSSR count). The Kier molecular flexibility index (Phi) is 3.84. The normalized spacial score (nSPS) is 15.3. The van der Waals surface area contributed by atoms with Gasteiger partial charge in [0.2, 0.25) is 0 Å². The summed E-state index contributed by atoms with van der Waals surface area (Å²) >= 11 is 3.87. The van der Waals surface area contributed by atoms with E-state index in [1.165, 1.54) is 27.8 Å². The molecule has 0 bridgehead atoms. The quantitative estimate of drug-likeness (QED) is 0.695. The van der Waals surface area contributed by atoms with Crippen molar-refractivity contribution < 1.29 is 4.74 Å². The Labute approximate surface area is 129 Å². The molecule has 2 aromatic rings. The summed E-state index contributed by atoms with van der Waals surface area (Å²) in [4.78, 5) is 0.245. The fourth-order valence-electron chi connectivity index (χ4n) is 2.77. The second-order valence-corrected chi connectivity index (χ2v) is 6.39. The Morgan fingerprint density at radius 1 is 1.15 bits per heavy atom. The summed E-state index contributed by atoms with van der Waals surface area (Å²) in [5, 5.41) is 0. The van der Waals surface area contributed by atoms with Crippen LogP contribution in [0, 0.1) is 13.8 Å². The second kappa shape index (κ2) is 5.61. The molecule has 0 aliphatic carbocycles. The van der Waals surface area contributed by atoms with Crippen molar-refractivity contribution in [2.45, 2.75) is 31.5 Å². The number of rotatable bonds is 2. The summed E-state index contributed by atoms with van der Waals surface area (Å²) in [6.45, 7) is 5.21. The zero-order chi connectivity index (χ0) is 14.1. The van der Waals surface area contributed by atoms with Gasteiger partial charge in [0, 0.05) is 0 Å². The first-order valence-electron chi connectivity index (χ1n) is 7.12. The first-order valence-corrected chi connectivity index (χ1v) is 8.04. The highest BCUT2D eigenvalue weighted by Gasteiger charge is 2.17. The van der Waals surface area contributed by atoms with Crippen molar-refractivity contribution in [1.29, 1.82) is 0 Å². The number of alkyl halides is 1. The van der Waals surface area contributed by atoms with E-state index in [0.717, 1.165) is 25.2 Å². The molecule has 0 spiro atoms. The van der Waals surface area contributed by atoms with Gasteiger partial charge in [0.05, 0.1) is 11.4 Å². The maximum Gasteiger partial charge on any atom is 0.122 e. The summed E-state index contributed by atoms with van der Waals surface area (Å²) in [7, 11) is 0. The van der Waals surface area contributed by atoms with Crippen LogP contribution in [0.25, 0.3) is 0 Å². The average molecular weight is 331 g/mol. The van der Waals surface area contributed by atoms with Gasteiger partial charge in [-0.2, -0.15) is 0 Å². The highest BCUT2D eigenvalue weighted by atomic mass is 79.9. The number of halogens is 1.